The molecule has 0 spiro atoms. The van der Waals surface area contributed by atoms with Crippen LogP contribution in [-0.2, 0) is 19.5 Å². The van der Waals surface area contributed by atoms with Gasteiger partial charge in [0.2, 0.25) is 10.0 Å². The number of carbonyl (C=O) groups excluding carboxylic acids is 1. The zero-order valence-electron chi connectivity index (χ0n) is 15.4. The summed E-state index contributed by atoms with van der Waals surface area (Å²) in [5.74, 6) is -1.55. The molecule has 28 heavy (non-hydrogen) atoms. The highest BCUT2D eigenvalue weighted by Gasteiger charge is 2.34. The van der Waals surface area contributed by atoms with E-state index in [9.17, 15) is 26.4 Å². The van der Waals surface area contributed by atoms with Gasteiger partial charge in [-0.1, -0.05) is 0 Å². The molecule has 0 amide bonds. The Morgan fingerprint density at radius 2 is 1.93 bits per heavy atom. The number of esters is 1. The first kappa shape index (κ1) is 22.2. The van der Waals surface area contributed by atoms with E-state index in [4.69, 9.17) is 4.74 Å². The molecule has 0 saturated carbocycles. The number of alkyl halides is 3. The van der Waals surface area contributed by atoms with Gasteiger partial charge in [0.1, 0.15) is 0 Å². The van der Waals surface area contributed by atoms with Crippen molar-refractivity contribution in [1.82, 2.24) is 4.90 Å². The summed E-state index contributed by atoms with van der Waals surface area (Å²) in [6.45, 7) is 2.26. The summed E-state index contributed by atoms with van der Waals surface area (Å²) < 4.78 is 77.5. The Labute approximate surface area is 160 Å². The second kappa shape index (κ2) is 8.97. The molecule has 12 heteroatoms. The van der Waals surface area contributed by atoms with Crippen molar-refractivity contribution in [3.05, 3.63) is 23.8 Å². The number of rotatable bonds is 7. The van der Waals surface area contributed by atoms with Crippen LogP contribution in [0.15, 0.2) is 18.2 Å². The third-order valence-electron chi connectivity index (χ3n) is 4.00. The fraction of sp³-hybridized carbons (Fsp3) is 0.562. The highest BCUT2D eigenvalue weighted by molar-refractivity contribution is 7.92. The standard InChI is InChI=1S/C16H21F3N2O6S/c1-25-15(22)12-3-4-14(27-16(17,18)19)13(11-12)21(28(2,23)24)6-5-20-7-9-26-10-8-20/h3-4,11H,5-10H2,1-2H3. The lowest BCUT2D eigenvalue weighted by Crippen LogP contribution is -2.43. The van der Waals surface area contributed by atoms with Crippen LogP contribution in [0.1, 0.15) is 10.4 Å². The predicted molar refractivity (Wildman–Crippen MR) is 93.9 cm³/mol. The van der Waals surface area contributed by atoms with Gasteiger partial charge >= 0.3 is 12.3 Å². The van der Waals surface area contributed by atoms with Crippen LogP contribution in [0.4, 0.5) is 18.9 Å². The zero-order valence-corrected chi connectivity index (χ0v) is 16.2. The Kier molecular flexibility index (Phi) is 7.12. The monoisotopic (exact) mass is 426 g/mol. The Morgan fingerprint density at radius 1 is 1.29 bits per heavy atom. The number of hydrogen-bond acceptors (Lipinski definition) is 7. The molecule has 8 nitrogen and oxygen atoms in total. The van der Waals surface area contributed by atoms with Gasteiger partial charge in [-0.2, -0.15) is 0 Å². The summed E-state index contributed by atoms with van der Waals surface area (Å²) in [7, 11) is -2.86. The number of benzene rings is 1. The average molecular weight is 426 g/mol. The van der Waals surface area contributed by atoms with Crippen molar-refractivity contribution in [3.8, 4) is 5.75 Å². The van der Waals surface area contributed by atoms with Gasteiger partial charge in [0.15, 0.2) is 5.75 Å². The maximum absolute atomic E-state index is 12.8. The van der Waals surface area contributed by atoms with E-state index in [0.29, 0.717) is 26.3 Å². The number of hydrogen-bond donors (Lipinski definition) is 0. The van der Waals surface area contributed by atoms with Crippen molar-refractivity contribution in [1.29, 1.82) is 0 Å². The van der Waals surface area contributed by atoms with E-state index in [0.717, 1.165) is 35.9 Å². The maximum Gasteiger partial charge on any atom is 0.573 e. The highest BCUT2D eigenvalue weighted by Crippen LogP contribution is 2.35. The van der Waals surface area contributed by atoms with Gasteiger partial charge in [-0.15, -0.1) is 13.2 Å². The van der Waals surface area contributed by atoms with Gasteiger partial charge in [-0.05, 0) is 18.2 Å². The van der Waals surface area contributed by atoms with E-state index in [1.165, 1.54) is 0 Å². The summed E-state index contributed by atoms with van der Waals surface area (Å²) in [4.78, 5) is 13.7. The van der Waals surface area contributed by atoms with Crippen molar-refractivity contribution in [2.75, 3.05) is 57.1 Å². The first-order chi connectivity index (χ1) is 13.0. The molecule has 1 saturated heterocycles. The Hall–Kier alpha value is -2.05. The van der Waals surface area contributed by atoms with Crippen molar-refractivity contribution in [3.63, 3.8) is 0 Å². The Morgan fingerprint density at radius 3 is 2.46 bits per heavy atom. The highest BCUT2D eigenvalue weighted by atomic mass is 32.2. The molecule has 1 aromatic carbocycles. The van der Waals surface area contributed by atoms with Crippen LogP contribution in [0.5, 0.6) is 5.75 Å². The molecule has 0 unspecified atom stereocenters. The molecule has 1 aliphatic heterocycles. The lowest BCUT2D eigenvalue weighted by molar-refractivity contribution is -0.274. The number of ether oxygens (including phenoxy) is 3. The molecule has 1 fully saturated rings. The van der Waals surface area contributed by atoms with E-state index in [1.807, 2.05) is 4.90 Å². The molecule has 0 radical (unpaired) electrons. The smallest absolute Gasteiger partial charge is 0.465 e. The second-order valence-corrected chi connectivity index (χ2v) is 7.92. The van der Waals surface area contributed by atoms with E-state index >= 15 is 0 Å². The summed E-state index contributed by atoms with van der Waals surface area (Å²) in [6, 6.07) is 2.97. The van der Waals surface area contributed by atoms with Gasteiger partial charge in [-0.3, -0.25) is 9.21 Å². The van der Waals surface area contributed by atoms with Crippen LogP contribution in [0.25, 0.3) is 0 Å². The molecular weight excluding hydrogens is 405 g/mol. The van der Waals surface area contributed by atoms with Crippen LogP contribution >= 0.6 is 0 Å². The predicted octanol–water partition coefficient (Wildman–Crippen LogP) is 1.47. The van der Waals surface area contributed by atoms with Crippen molar-refractivity contribution >= 4 is 21.7 Å². The quantitative estimate of drug-likeness (QED) is 0.611. The fourth-order valence-corrected chi connectivity index (χ4v) is 3.60. The molecule has 1 aromatic rings. The number of sulfonamides is 1. The zero-order chi connectivity index (χ0) is 20.9. The minimum atomic E-state index is -5.03. The Balaban J connectivity index is 2.41. The molecule has 2 rings (SSSR count). The molecule has 0 N–H and O–H groups in total. The lowest BCUT2D eigenvalue weighted by atomic mass is 10.2. The average Bonchev–Trinajstić information content (AvgIpc) is 2.61. The number of methoxy groups -OCH3 is 1. The summed E-state index contributed by atoms with van der Waals surface area (Å²) in [5, 5.41) is 0. The topological polar surface area (TPSA) is 85.4 Å². The molecular formula is C16H21F3N2O6S. The molecule has 0 aromatic heterocycles. The lowest BCUT2D eigenvalue weighted by Gasteiger charge is -2.30. The van der Waals surface area contributed by atoms with Crippen LogP contribution in [0, 0.1) is 0 Å². The third-order valence-corrected chi connectivity index (χ3v) is 5.18. The summed E-state index contributed by atoms with van der Waals surface area (Å²) in [6.07, 6.45) is -4.16. The largest absolute Gasteiger partial charge is 0.573 e. The molecule has 158 valence electrons. The van der Waals surface area contributed by atoms with Crippen LogP contribution in [0.3, 0.4) is 0 Å². The van der Waals surface area contributed by atoms with Gasteiger partial charge in [0.25, 0.3) is 0 Å². The first-order valence-corrected chi connectivity index (χ1v) is 10.1. The van der Waals surface area contributed by atoms with Crippen molar-refractivity contribution in [2.45, 2.75) is 6.36 Å². The van der Waals surface area contributed by atoms with Crippen LogP contribution in [0.2, 0.25) is 0 Å². The fourth-order valence-electron chi connectivity index (χ4n) is 2.69. The Bertz CT molecular complexity index is 794. The first-order valence-electron chi connectivity index (χ1n) is 8.27. The molecule has 0 aliphatic carbocycles. The van der Waals surface area contributed by atoms with Crippen molar-refractivity contribution in [2.24, 2.45) is 0 Å². The van der Waals surface area contributed by atoms with Crippen LogP contribution < -0.4 is 9.04 Å². The minimum absolute atomic E-state index is 0.105. The second-order valence-electron chi connectivity index (χ2n) is 6.01. The molecule has 0 atom stereocenters. The number of nitrogens with zero attached hydrogens (tertiary/aromatic N) is 2. The van der Waals surface area contributed by atoms with Gasteiger partial charge in [0.05, 0.1) is 37.8 Å². The number of anilines is 1. The van der Waals surface area contributed by atoms with E-state index in [-0.39, 0.29) is 18.7 Å². The third kappa shape index (κ3) is 6.24. The number of morpholine rings is 1. The number of halogens is 3. The number of carbonyl (C=O) groups is 1. The van der Waals surface area contributed by atoms with E-state index in [1.54, 1.807) is 0 Å². The summed E-state index contributed by atoms with van der Waals surface area (Å²) >= 11 is 0. The maximum atomic E-state index is 12.8. The summed E-state index contributed by atoms with van der Waals surface area (Å²) in [5.41, 5.74) is -0.497. The van der Waals surface area contributed by atoms with Gasteiger partial charge in [-0.25, -0.2) is 13.2 Å². The van der Waals surface area contributed by atoms with Gasteiger partial charge in [0, 0.05) is 26.2 Å². The molecule has 0 bridgehead atoms. The van der Waals surface area contributed by atoms with Gasteiger partial charge < -0.3 is 14.2 Å². The van der Waals surface area contributed by atoms with Crippen molar-refractivity contribution < 1.29 is 40.6 Å². The SMILES string of the molecule is COC(=O)c1ccc(OC(F)(F)F)c(N(CCN2CCOCC2)S(C)(=O)=O)c1. The van der Waals surface area contributed by atoms with E-state index < -0.39 is 33.8 Å². The van der Waals surface area contributed by atoms with Crippen LogP contribution in [-0.4, -0.2) is 78.4 Å². The molecule has 1 aliphatic rings. The molecule has 1 heterocycles. The minimum Gasteiger partial charge on any atom is -0.465 e. The normalized spacial score (nSPS) is 15.9. The van der Waals surface area contributed by atoms with E-state index in [2.05, 4.69) is 9.47 Å².